The minimum Gasteiger partial charge on any atom is -0.491 e. The van der Waals surface area contributed by atoms with Gasteiger partial charge in [-0.05, 0) is 43.5 Å². The first-order valence-electron chi connectivity index (χ1n) is 7.55. The van der Waals surface area contributed by atoms with E-state index in [1.807, 2.05) is 24.3 Å². The summed E-state index contributed by atoms with van der Waals surface area (Å²) in [6.45, 7) is 1.09. The van der Waals surface area contributed by atoms with E-state index < -0.39 is 0 Å². The van der Waals surface area contributed by atoms with Gasteiger partial charge in [-0.25, -0.2) is 0 Å². The van der Waals surface area contributed by atoms with E-state index in [1.165, 1.54) is 6.42 Å². The third kappa shape index (κ3) is 3.36. The zero-order valence-electron chi connectivity index (χ0n) is 12.3. The third-order valence-corrected chi connectivity index (χ3v) is 4.31. The summed E-state index contributed by atoms with van der Waals surface area (Å²) in [4.78, 5) is 12.3. The van der Waals surface area contributed by atoms with E-state index in [1.54, 1.807) is 7.11 Å². The summed E-state index contributed by atoms with van der Waals surface area (Å²) in [7, 11) is 1.65. The number of benzene rings is 1. The van der Waals surface area contributed by atoms with Crippen LogP contribution in [0.25, 0.3) is 0 Å². The van der Waals surface area contributed by atoms with E-state index in [-0.39, 0.29) is 11.8 Å². The summed E-state index contributed by atoms with van der Waals surface area (Å²) < 4.78 is 10.4. The molecule has 2 aliphatic rings. The van der Waals surface area contributed by atoms with Crippen molar-refractivity contribution >= 4 is 11.6 Å². The number of anilines is 1. The molecule has 2 heterocycles. The minimum atomic E-state index is 0.112. The molecule has 0 spiro atoms. The molecular weight excluding hydrogens is 268 g/mol. The van der Waals surface area contributed by atoms with Crippen LogP contribution in [0.15, 0.2) is 24.3 Å². The SMILES string of the molecule is COCCOc1ccc(NC(=O)C2CC3CCC2N3)cc1. The van der Waals surface area contributed by atoms with Gasteiger partial charge in [0.15, 0.2) is 0 Å². The molecule has 2 saturated heterocycles. The molecule has 1 amide bonds. The van der Waals surface area contributed by atoms with Crippen molar-refractivity contribution in [2.45, 2.75) is 31.3 Å². The monoisotopic (exact) mass is 290 g/mol. The number of carbonyl (C=O) groups excluding carboxylic acids is 1. The minimum absolute atomic E-state index is 0.112. The maximum atomic E-state index is 12.3. The first-order chi connectivity index (χ1) is 10.3. The fourth-order valence-corrected chi connectivity index (χ4v) is 3.23. The van der Waals surface area contributed by atoms with Crippen molar-refractivity contribution in [1.29, 1.82) is 0 Å². The molecule has 2 N–H and O–H groups in total. The Hall–Kier alpha value is -1.59. The van der Waals surface area contributed by atoms with Crippen LogP contribution in [-0.4, -0.2) is 38.3 Å². The third-order valence-electron chi connectivity index (χ3n) is 4.31. The number of rotatable bonds is 6. The van der Waals surface area contributed by atoms with Gasteiger partial charge in [-0.1, -0.05) is 0 Å². The molecule has 2 fully saturated rings. The average molecular weight is 290 g/mol. The lowest BCUT2D eigenvalue weighted by Gasteiger charge is -2.19. The quantitative estimate of drug-likeness (QED) is 0.784. The summed E-state index contributed by atoms with van der Waals surface area (Å²) in [6.07, 6.45) is 3.30. The van der Waals surface area contributed by atoms with E-state index in [4.69, 9.17) is 9.47 Å². The smallest absolute Gasteiger partial charge is 0.229 e. The molecule has 2 bridgehead atoms. The van der Waals surface area contributed by atoms with Crippen molar-refractivity contribution in [3.63, 3.8) is 0 Å². The Morgan fingerprint density at radius 3 is 2.71 bits per heavy atom. The second kappa shape index (κ2) is 6.45. The highest BCUT2D eigenvalue weighted by molar-refractivity contribution is 5.93. The summed E-state index contributed by atoms with van der Waals surface area (Å²) in [5.41, 5.74) is 0.821. The lowest BCUT2D eigenvalue weighted by Crippen LogP contribution is -2.32. The fraction of sp³-hybridized carbons (Fsp3) is 0.562. The Morgan fingerprint density at radius 1 is 1.29 bits per heavy atom. The average Bonchev–Trinajstić information content (AvgIpc) is 3.12. The number of carbonyl (C=O) groups is 1. The molecule has 1 aromatic rings. The van der Waals surface area contributed by atoms with Gasteiger partial charge >= 0.3 is 0 Å². The van der Waals surface area contributed by atoms with E-state index in [0.29, 0.717) is 25.3 Å². The van der Waals surface area contributed by atoms with E-state index in [0.717, 1.165) is 24.3 Å². The second-order valence-corrected chi connectivity index (χ2v) is 5.74. The highest BCUT2D eigenvalue weighted by atomic mass is 16.5. The van der Waals surface area contributed by atoms with Crippen LogP contribution >= 0.6 is 0 Å². The number of methoxy groups -OCH3 is 1. The number of nitrogens with one attached hydrogen (secondary N) is 2. The predicted octanol–water partition coefficient (Wildman–Crippen LogP) is 1.79. The van der Waals surface area contributed by atoms with Gasteiger partial charge in [0, 0.05) is 24.9 Å². The Bertz CT molecular complexity index is 489. The van der Waals surface area contributed by atoms with Crippen molar-refractivity contribution in [3.05, 3.63) is 24.3 Å². The van der Waals surface area contributed by atoms with Crippen molar-refractivity contribution < 1.29 is 14.3 Å². The van der Waals surface area contributed by atoms with E-state index in [2.05, 4.69) is 10.6 Å². The van der Waals surface area contributed by atoms with Crippen LogP contribution in [0.5, 0.6) is 5.75 Å². The van der Waals surface area contributed by atoms with E-state index >= 15 is 0 Å². The number of hydrogen-bond acceptors (Lipinski definition) is 4. The summed E-state index contributed by atoms with van der Waals surface area (Å²) in [6, 6.07) is 8.39. The van der Waals surface area contributed by atoms with Gasteiger partial charge in [0.25, 0.3) is 0 Å². The molecule has 3 rings (SSSR count). The van der Waals surface area contributed by atoms with Gasteiger partial charge in [-0.3, -0.25) is 4.79 Å². The molecule has 114 valence electrons. The second-order valence-electron chi connectivity index (χ2n) is 5.74. The first kappa shape index (κ1) is 14.4. The summed E-state index contributed by atoms with van der Waals surface area (Å²) >= 11 is 0. The Kier molecular flexibility index (Phi) is 4.41. The van der Waals surface area contributed by atoms with Crippen molar-refractivity contribution in [2.75, 3.05) is 25.6 Å². The Morgan fingerprint density at radius 2 is 2.10 bits per heavy atom. The molecule has 3 atom stereocenters. The lowest BCUT2D eigenvalue weighted by molar-refractivity contribution is -0.120. The number of hydrogen-bond donors (Lipinski definition) is 2. The molecule has 5 nitrogen and oxygen atoms in total. The van der Waals surface area contributed by atoms with Crippen LogP contribution in [0.3, 0.4) is 0 Å². The molecule has 0 radical (unpaired) electrons. The van der Waals surface area contributed by atoms with Crippen molar-refractivity contribution in [1.82, 2.24) is 5.32 Å². The molecule has 5 heteroatoms. The molecular formula is C16H22N2O3. The van der Waals surface area contributed by atoms with Crippen molar-refractivity contribution in [3.8, 4) is 5.75 Å². The molecule has 21 heavy (non-hydrogen) atoms. The fourth-order valence-electron chi connectivity index (χ4n) is 3.23. The van der Waals surface area contributed by atoms with E-state index in [9.17, 15) is 4.79 Å². The molecule has 0 aromatic heterocycles. The normalized spacial score (nSPS) is 26.8. The molecule has 1 aromatic carbocycles. The lowest BCUT2D eigenvalue weighted by atomic mass is 9.88. The van der Waals surface area contributed by atoms with Gasteiger partial charge in [0.05, 0.1) is 12.5 Å². The molecule has 3 unspecified atom stereocenters. The van der Waals surface area contributed by atoms with Crippen LogP contribution in [0.4, 0.5) is 5.69 Å². The van der Waals surface area contributed by atoms with Gasteiger partial charge in [0.2, 0.25) is 5.91 Å². The van der Waals surface area contributed by atoms with Gasteiger partial charge in [-0.15, -0.1) is 0 Å². The maximum absolute atomic E-state index is 12.3. The molecule has 2 aliphatic heterocycles. The van der Waals surface area contributed by atoms with Crippen LogP contribution < -0.4 is 15.4 Å². The zero-order chi connectivity index (χ0) is 14.7. The Balaban J connectivity index is 1.52. The molecule has 0 saturated carbocycles. The van der Waals surface area contributed by atoms with Crippen LogP contribution in [0.1, 0.15) is 19.3 Å². The molecule has 0 aliphatic carbocycles. The topological polar surface area (TPSA) is 59.6 Å². The maximum Gasteiger partial charge on any atom is 0.229 e. The number of fused-ring (bicyclic) bond motifs is 2. The van der Waals surface area contributed by atoms with Gasteiger partial charge < -0.3 is 20.1 Å². The largest absolute Gasteiger partial charge is 0.491 e. The Labute approximate surface area is 125 Å². The highest BCUT2D eigenvalue weighted by Gasteiger charge is 2.42. The zero-order valence-corrected chi connectivity index (χ0v) is 12.3. The first-order valence-corrected chi connectivity index (χ1v) is 7.55. The van der Waals surface area contributed by atoms with Crippen molar-refractivity contribution in [2.24, 2.45) is 5.92 Å². The highest BCUT2D eigenvalue weighted by Crippen LogP contribution is 2.33. The predicted molar refractivity (Wildman–Crippen MR) is 80.5 cm³/mol. The van der Waals surface area contributed by atoms with Crippen LogP contribution in [-0.2, 0) is 9.53 Å². The standard InChI is InChI=1S/C16H22N2O3/c1-20-8-9-21-13-5-2-11(3-6-13)18-16(19)14-10-12-4-7-15(14)17-12/h2-3,5-6,12,14-15,17H,4,7-10H2,1H3,(H,18,19). The number of ether oxygens (including phenoxy) is 2. The van der Waals surface area contributed by atoms with Gasteiger partial charge in [-0.2, -0.15) is 0 Å². The number of amides is 1. The summed E-state index contributed by atoms with van der Waals surface area (Å²) in [5, 5.41) is 6.49. The van der Waals surface area contributed by atoms with Crippen LogP contribution in [0.2, 0.25) is 0 Å². The van der Waals surface area contributed by atoms with Gasteiger partial charge in [0.1, 0.15) is 12.4 Å². The summed E-state index contributed by atoms with van der Waals surface area (Å²) in [5.74, 6) is 1.02. The van der Waals surface area contributed by atoms with Crippen LogP contribution in [0, 0.1) is 5.92 Å².